The lowest BCUT2D eigenvalue weighted by Crippen LogP contribution is -2.04. The molecule has 0 atom stereocenters. The predicted octanol–water partition coefficient (Wildman–Crippen LogP) is 2.68. The quantitative estimate of drug-likeness (QED) is 0.793. The fourth-order valence-electron chi connectivity index (χ4n) is 1.26. The van der Waals surface area contributed by atoms with Gasteiger partial charge >= 0.3 is 6.18 Å². The lowest BCUT2D eigenvalue weighted by Gasteiger charge is -2.06. The van der Waals surface area contributed by atoms with Crippen LogP contribution in [0.5, 0.6) is 0 Å². The zero-order valence-electron chi connectivity index (χ0n) is 8.03. The molecular formula is C10H7F3N2O. The minimum Gasteiger partial charge on any atom is -0.343 e. The number of rotatable bonds is 2. The summed E-state index contributed by atoms with van der Waals surface area (Å²) in [4.78, 5) is 3.78. The summed E-state index contributed by atoms with van der Waals surface area (Å²) in [5, 5.41) is 3.57. The summed E-state index contributed by atoms with van der Waals surface area (Å²) < 4.78 is 41.3. The van der Waals surface area contributed by atoms with E-state index in [0.717, 1.165) is 12.1 Å². The Morgan fingerprint density at radius 3 is 2.31 bits per heavy atom. The Balaban J connectivity index is 2.14. The van der Waals surface area contributed by atoms with E-state index in [9.17, 15) is 13.2 Å². The van der Waals surface area contributed by atoms with Crippen molar-refractivity contribution >= 4 is 0 Å². The highest BCUT2D eigenvalue weighted by molar-refractivity contribution is 5.26. The van der Waals surface area contributed by atoms with Crippen LogP contribution in [-0.2, 0) is 12.6 Å². The number of benzene rings is 1. The van der Waals surface area contributed by atoms with Crippen LogP contribution in [0.25, 0.3) is 0 Å². The summed E-state index contributed by atoms with van der Waals surface area (Å²) in [7, 11) is 0. The fourth-order valence-corrected chi connectivity index (χ4v) is 1.26. The van der Waals surface area contributed by atoms with Crippen LogP contribution in [-0.4, -0.2) is 10.1 Å². The van der Waals surface area contributed by atoms with Gasteiger partial charge in [0.25, 0.3) is 0 Å². The molecule has 84 valence electrons. The average Bonchev–Trinajstić information content (AvgIpc) is 2.70. The van der Waals surface area contributed by atoms with Gasteiger partial charge in [0.05, 0.1) is 5.56 Å². The van der Waals surface area contributed by atoms with Gasteiger partial charge in [-0.2, -0.15) is 18.2 Å². The van der Waals surface area contributed by atoms with Crippen molar-refractivity contribution in [3.05, 3.63) is 47.6 Å². The van der Waals surface area contributed by atoms with Crippen molar-refractivity contribution in [1.29, 1.82) is 0 Å². The van der Waals surface area contributed by atoms with Gasteiger partial charge in [-0.25, -0.2) is 0 Å². The minimum absolute atomic E-state index is 0.356. The topological polar surface area (TPSA) is 38.9 Å². The van der Waals surface area contributed by atoms with Crippen LogP contribution in [0.15, 0.2) is 35.2 Å². The summed E-state index contributed by atoms with van der Waals surface area (Å²) in [6.45, 7) is 0. The molecule has 0 radical (unpaired) electrons. The van der Waals surface area contributed by atoms with Crippen molar-refractivity contribution in [1.82, 2.24) is 10.1 Å². The van der Waals surface area contributed by atoms with E-state index in [2.05, 4.69) is 14.7 Å². The summed E-state index contributed by atoms with van der Waals surface area (Å²) in [5.41, 5.74) is 0.0405. The van der Waals surface area contributed by atoms with Gasteiger partial charge in [-0.3, -0.25) is 0 Å². The van der Waals surface area contributed by atoms with Gasteiger partial charge in [0.15, 0.2) is 5.82 Å². The number of alkyl halides is 3. The van der Waals surface area contributed by atoms with Gasteiger partial charge in [-0.1, -0.05) is 17.3 Å². The molecule has 0 saturated carbocycles. The number of aromatic nitrogens is 2. The van der Waals surface area contributed by atoms with E-state index in [-0.39, 0.29) is 0 Å². The number of hydrogen-bond donors (Lipinski definition) is 0. The number of halogens is 3. The summed E-state index contributed by atoms with van der Waals surface area (Å²) in [6, 6.07) is 4.88. The van der Waals surface area contributed by atoms with Crippen LogP contribution >= 0.6 is 0 Å². The fraction of sp³-hybridized carbons (Fsp3) is 0.200. The van der Waals surface area contributed by atoms with Gasteiger partial charge in [0.2, 0.25) is 6.39 Å². The van der Waals surface area contributed by atoms with E-state index in [1.807, 2.05) is 0 Å². The molecule has 1 aromatic carbocycles. The monoisotopic (exact) mass is 228 g/mol. The van der Waals surface area contributed by atoms with Crippen molar-refractivity contribution in [2.45, 2.75) is 12.6 Å². The van der Waals surface area contributed by atoms with Crippen LogP contribution in [0.3, 0.4) is 0 Å². The summed E-state index contributed by atoms with van der Waals surface area (Å²) in [6.07, 6.45) is -2.77. The molecule has 0 fully saturated rings. The normalized spacial score (nSPS) is 11.7. The minimum atomic E-state index is -4.30. The zero-order valence-corrected chi connectivity index (χ0v) is 8.03. The smallest absolute Gasteiger partial charge is 0.343 e. The van der Waals surface area contributed by atoms with Gasteiger partial charge < -0.3 is 4.52 Å². The van der Waals surface area contributed by atoms with Gasteiger partial charge in [0, 0.05) is 6.42 Å². The van der Waals surface area contributed by atoms with Crippen molar-refractivity contribution < 1.29 is 17.7 Å². The first-order valence-electron chi connectivity index (χ1n) is 4.47. The first-order valence-corrected chi connectivity index (χ1v) is 4.47. The third-order valence-corrected chi connectivity index (χ3v) is 2.05. The molecule has 0 spiro atoms. The van der Waals surface area contributed by atoms with E-state index in [1.54, 1.807) is 0 Å². The molecule has 0 amide bonds. The third kappa shape index (κ3) is 2.39. The maximum absolute atomic E-state index is 12.3. The van der Waals surface area contributed by atoms with E-state index in [4.69, 9.17) is 0 Å². The molecule has 1 heterocycles. The Kier molecular flexibility index (Phi) is 2.64. The van der Waals surface area contributed by atoms with Gasteiger partial charge in [0.1, 0.15) is 0 Å². The largest absolute Gasteiger partial charge is 0.416 e. The average molecular weight is 228 g/mol. The molecule has 0 aliphatic rings. The molecule has 0 aliphatic carbocycles. The standard InChI is InChI=1S/C10H7F3N2O/c11-10(12,13)8-3-1-7(2-4-8)5-9-14-6-16-15-9/h1-4,6H,5H2. The summed E-state index contributed by atoms with van der Waals surface area (Å²) in [5.74, 6) is 0.444. The van der Waals surface area contributed by atoms with Crippen molar-refractivity contribution in [3.8, 4) is 0 Å². The maximum Gasteiger partial charge on any atom is 0.416 e. The number of hydrogen-bond acceptors (Lipinski definition) is 3. The third-order valence-electron chi connectivity index (χ3n) is 2.05. The van der Waals surface area contributed by atoms with Crippen molar-refractivity contribution in [2.75, 3.05) is 0 Å². The molecule has 0 bridgehead atoms. The lowest BCUT2D eigenvalue weighted by atomic mass is 10.1. The molecular weight excluding hydrogens is 221 g/mol. The second-order valence-electron chi connectivity index (χ2n) is 3.22. The van der Waals surface area contributed by atoms with Crippen LogP contribution in [0.4, 0.5) is 13.2 Å². The second kappa shape index (κ2) is 3.96. The Bertz CT molecular complexity index is 448. The molecule has 0 aliphatic heterocycles. The maximum atomic E-state index is 12.3. The highest BCUT2D eigenvalue weighted by Gasteiger charge is 2.29. The SMILES string of the molecule is FC(F)(F)c1ccc(Cc2ncon2)cc1. The van der Waals surface area contributed by atoms with Crippen LogP contribution in [0, 0.1) is 0 Å². The van der Waals surface area contributed by atoms with Gasteiger partial charge in [-0.15, -0.1) is 0 Å². The van der Waals surface area contributed by atoms with Gasteiger partial charge in [-0.05, 0) is 17.7 Å². The highest BCUT2D eigenvalue weighted by atomic mass is 19.4. The Morgan fingerprint density at radius 2 is 1.81 bits per heavy atom. The van der Waals surface area contributed by atoms with E-state index >= 15 is 0 Å². The molecule has 3 nitrogen and oxygen atoms in total. The Morgan fingerprint density at radius 1 is 1.12 bits per heavy atom. The zero-order chi connectivity index (χ0) is 11.6. The van der Waals surface area contributed by atoms with Crippen molar-refractivity contribution in [3.63, 3.8) is 0 Å². The lowest BCUT2D eigenvalue weighted by molar-refractivity contribution is -0.137. The molecule has 0 unspecified atom stereocenters. The van der Waals surface area contributed by atoms with Crippen molar-refractivity contribution in [2.24, 2.45) is 0 Å². The Hall–Kier alpha value is -1.85. The van der Waals surface area contributed by atoms with Crippen LogP contribution in [0.2, 0.25) is 0 Å². The first kappa shape index (κ1) is 10.7. The number of nitrogens with zero attached hydrogens (tertiary/aromatic N) is 2. The highest BCUT2D eigenvalue weighted by Crippen LogP contribution is 2.29. The molecule has 6 heteroatoms. The molecule has 0 N–H and O–H groups in total. The first-order chi connectivity index (χ1) is 7.55. The second-order valence-corrected chi connectivity index (χ2v) is 3.22. The van der Waals surface area contributed by atoms with E-state index < -0.39 is 11.7 Å². The molecule has 0 saturated heterocycles. The molecule has 16 heavy (non-hydrogen) atoms. The Labute approximate surface area is 88.9 Å². The molecule has 2 rings (SSSR count). The van der Waals surface area contributed by atoms with Crippen LogP contribution < -0.4 is 0 Å². The molecule has 2 aromatic rings. The predicted molar refractivity (Wildman–Crippen MR) is 48.5 cm³/mol. The van der Waals surface area contributed by atoms with Crippen LogP contribution in [0.1, 0.15) is 17.0 Å². The van der Waals surface area contributed by atoms with E-state index in [1.165, 1.54) is 18.5 Å². The summed E-state index contributed by atoms with van der Waals surface area (Å²) >= 11 is 0. The van der Waals surface area contributed by atoms with E-state index in [0.29, 0.717) is 17.8 Å². The molecule has 1 aromatic heterocycles.